The fraction of sp³-hybridized carbons (Fsp3) is 0.368. The number of nitrogens with one attached hydrogen (secondary N) is 1. The third-order valence-electron chi connectivity index (χ3n) is 4.70. The van der Waals surface area contributed by atoms with Gasteiger partial charge in [-0.1, -0.05) is 48.5 Å². The van der Waals surface area contributed by atoms with E-state index in [9.17, 15) is 5.11 Å². The van der Waals surface area contributed by atoms with Crippen LogP contribution in [0.1, 0.15) is 37.2 Å². The lowest BCUT2D eigenvalue weighted by Gasteiger charge is -2.40. The van der Waals surface area contributed by atoms with Crippen molar-refractivity contribution in [3.63, 3.8) is 0 Å². The zero-order valence-corrected chi connectivity index (χ0v) is 12.3. The molecule has 1 aliphatic carbocycles. The van der Waals surface area contributed by atoms with Crippen LogP contribution in [0.3, 0.4) is 0 Å². The Morgan fingerprint density at radius 1 is 0.905 bits per heavy atom. The van der Waals surface area contributed by atoms with Gasteiger partial charge in [-0.3, -0.25) is 0 Å². The van der Waals surface area contributed by atoms with Gasteiger partial charge in [0, 0.05) is 5.69 Å². The molecule has 2 N–H and O–H groups in total. The second-order valence-electron chi connectivity index (χ2n) is 6.11. The normalized spacial score (nSPS) is 25.5. The maximum absolute atomic E-state index is 9.90. The van der Waals surface area contributed by atoms with E-state index in [4.69, 9.17) is 0 Å². The van der Waals surface area contributed by atoms with Gasteiger partial charge in [0.15, 0.2) is 0 Å². The Balaban J connectivity index is 1.67. The molecule has 1 aliphatic rings. The molecule has 2 nitrogen and oxygen atoms in total. The second kappa shape index (κ2) is 6.31. The molecule has 0 radical (unpaired) electrons. The van der Waals surface area contributed by atoms with E-state index in [2.05, 4.69) is 47.8 Å². The Hall–Kier alpha value is -1.80. The van der Waals surface area contributed by atoms with Crippen molar-refractivity contribution in [1.29, 1.82) is 0 Å². The molecule has 0 aliphatic heterocycles. The molecule has 2 aromatic carbocycles. The average molecular weight is 281 g/mol. The van der Waals surface area contributed by atoms with Crippen molar-refractivity contribution in [3.05, 3.63) is 66.2 Å². The molecule has 0 heterocycles. The summed E-state index contributed by atoms with van der Waals surface area (Å²) in [6, 6.07) is 21.0. The first-order chi connectivity index (χ1) is 10.3. The Morgan fingerprint density at radius 2 is 1.48 bits per heavy atom. The van der Waals surface area contributed by atoms with Gasteiger partial charge >= 0.3 is 0 Å². The van der Waals surface area contributed by atoms with Gasteiger partial charge in [-0.05, 0) is 49.3 Å². The van der Waals surface area contributed by atoms with Crippen LogP contribution in [0.4, 0.5) is 5.69 Å². The van der Waals surface area contributed by atoms with Crippen molar-refractivity contribution in [2.24, 2.45) is 0 Å². The SMILES string of the molecule is OCC1(Nc2ccccc2)CCC(c2ccccc2)CC1. The minimum Gasteiger partial charge on any atom is -0.394 e. The molecule has 0 saturated heterocycles. The molecular formula is C19H23NO. The van der Waals surface area contributed by atoms with Crippen LogP contribution < -0.4 is 5.32 Å². The van der Waals surface area contributed by atoms with Crippen LogP contribution in [0.5, 0.6) is 0 Å². The Kier molecular flexibility index (Phi) is 4.26. The van der Waals surface area contributed by atoms with Gasteiger partial charge in [0.2, 0.25) is 0 Å². The van der Waals surface area contributed by atoms with E-state index < -0.39 is 0 Å². The van der Waals surface area contributed by atoms with Crippen molar-refractivity contribution >= 4 is 5.69 Å². The molecule has 3 rings (SSSR count). The van der Waals surface area contributed by atoms with Crippen molar-refractivity contribution in [2.75, 3.05) is 11.9 Å². The summed E-state index contributed by atoms with van der Waals surface area (Å²) in [5.41, 5.74) is 2.38. The molecular weight excluding hydrogens is 258 g/mol. The maximum Gasteiger partial charge on any atom is 0.0661 e. The van der Waals surface area contributed by atoms with Crippen molar-refractivity contribution in [1.82, 2.24) is 0 Å². The smallest absolute Gasteiger partial charge is 0.0661 e. The quantitative estimate of drug-likeness (QED) is 0.881. The summed E-state index contributed by atoms with van der Waals surface area (Å²) in [4.78, 5) is 0. The summed E-state index contributed by atoms with van der Waals surface area (Å²) in [7, 11) is 0. The van der Waals surface area contributed by atoms with Gasteiger partial charge in [-0.15, -0.1) is 0 Å². The number of aliphatic hydroxyl groups excluding tert-OH is 1. The molecule has 0 atom stereocenters. The molecule has 0 amide bonds. The van der Waals surface area contributed by atoms with Crippen LogP contribution >= 0.6 is 0 Å². The number of aliphatic hydroxyl groups is 1. The highest BCUT2D eigenvalue weighted by Gasteiger charge is 2.35. The number of hydrogen-bond acceptors (Lipinski definition) is 2. The summed E-state index contributed by atoms with van der Waals surface area (Å²) in [6.07, 6.45) is 4.28. The first kappa shape index (κ1) is 14.2. The van der Waals surface area contributed by atoms with E-state index >= 15 is 0 Å². The zero-order chi connectivity index (χ0) is 14.5. The summed E-state index contributed by atoms with van der Waals surface area (Å²) in [5.74, 6) is 0.628. The first-order valence-electron chi connectivity index (χ1n) is 7.80. The lowest BCUT2D eigenvalue weighted by atomic mass is 9.74. The van der Waals surface area contributed by atoms with Crippen molar-refractivity contribution in [2.45, 2.75) is 37.1 Å². The van der Waals surface area contributed by atoms with Gasteiger partial charge in [0.1, 0.15) is 0 Å². The van der Waals surface area contributed by atoms with Crippen LogP contribution in [0.25, 0.3) is 0 Å². The van der Waals surface area contributed by atoms with Gasteiger partial charge in [-0.25, -0.2) is 0 Å². The van der Waals surface area contributed by atoms with E-state index in [1.807, 2.05) is 18.2 Å². The Morgan fingerprint density at radius 3 is 2.05 bits per heavy atom. The van der Waals surface area contributed by atoms with E-state index in [1.165, 1.54) is 5.56 Å². The number of benzene rings is 2. The number of anilines is 1. The van der Waals surface area contributed by atoms with E-state index in [1.54, 1.807) is 0 Å². The number of rotatable bonds is 4. The topological polar surface area (TPSA) is 32.3 Å². The van der Waals surface area contributed by atoms with Crippen molar-refractivity contribution < 1.29 is 5.11 Å². The van der Waals surface area contributed by atoms with E-state index in [-0.39, 0.29) is 12.1 Å². The summed E-state index contributed by atoms with van der Waals surface area (Å²) in [6.45, 7) is 0.198. The number of hydrogen-bond donors (Lipinski definition) is 2. The predicted molar refractivity (Wildman–Crippen MR) is 87.5 cm³/mol. The fourth-order valence-electron chi connectivity index (χ4n) is 3.38. The minimum absolute atomic E-state index is 0.160. The summed E-state index contributed by atoms with van der Waals surface area (Å²) < 4.78 is 0. The van der Waals surface area contributed by atoms with Crippen LogP contribution in [0, 0.1) is 0 Å². The lowest BCUT2D eigenvalue weighted by molar-refractivity contribution is 0.165. The molecule has 1 fully saturated rings. The van der Waals surface area contributed by atoms with E-state index in [0.717, 1.165) is 31.4 Å². The highest BCUT2D eigenvalue weighted by atomic mass is 16.3. The number of para-hydroxylation sites is 1. The molecule has 2 heteroatoms. The molecule has 0 aromatic heterocycles. The van der Waals surface area contributed by atoms with Crippen LogP contribution in [-0.4, -0.2) is 17.3 Å². The van der Waals surface area contributed by atoms with Gasteiger partial charge in [0.25, 0.3) is 0 Å². The summed E-state index contributed by atoms with van der Waals surface area (Å²) >= 11 is 0. The molecule has 1 saturated carbocycles. The fourth-order valence-corrected chi connectivity index (χ4v) is 3.38. The highest BCUT2D eigenvalue weighted by molar-refractivity contribution is 5.45. The summed E-state index contributed by atoms with van der Waals surface area (Å²) in [5, 5.41) is 13.5. The first-order valence-corrected chi connectivity index (χ1v) is 7.80. The van der Waals surface area contributed by atoms with Crippen LogP contribution in [0.2, 0.25) is 0 Å². The second-order valence-corrected chi connectivity index (χ2v) is 6.11. The molecule has 21 heavy (non-hydrogen) atoms. The monoisotopic (exact) mass is 281 g/mol. The lowest BCUT2D eigenvalue weighted by Crippen LogP contribution is -2.45. The zero-order valence-electron chi connectivity index (χ0n) is 12.3. The van der Waals surface area contributed by atoms with Gasteiger partial charge < -0.3 is 10.4 Å². The van der Waals surface area contributed by atoms with Gasteiger partial charge in [-0.2, -0.15) is 0 Å². The van der Waals surface area contributed by atoms with Crippen LogP contribution in [0.15, 0.2) is 60.7 Å². The third-order valence-corrected chi connectivity index (χ3v) is 4.70. The molecule has 0 bridgehead atoms. The standard InChI is InChI=1S/C19H23NO/c21-15-19(20-18-9-5-2-6-10-18)13-11-17(12-14-19)16-7-3-1-4-8-16/h1-10,17,20-21H,11-15H2. The van der Waals surface area contributed by atoms with Gasteiger partial charge in [0.05, 0.1) is 12.1 Å². The maximum atomic E-state index is 9.90. The molecule has 110 valence electrons. The largest absolute Gasteiger partial charge is 0.394 e. The van der Waals surface area contributed by atoms with Crippen LogP contribution in [-0.2, 0) is 0 Å². The predicted octanol–water partition coefficient (Wildman–Crippen LogP) is 4.19. The highest BCUT2D eigenvalue weighted by Crippen LogP contribution is 2.39. The van der Waals surface area contributed by atoms with E-state index in [0.29, 0.717) is 5.92 Å². The Labute approximate surface area is 126 Å². The van der Waals surface area contributed by atoms with Crippen molar-refractivity contribution in [3.8, 4) is 0 Å². The molecule has 0 unspecified atom stereocenters. The molecule has 2 aromatic rings. The Bertz CT molecular complexity index is 544. The third kappa shape index (κ3) is 3.27. The minimum atomic E-state index is -0.160. The molecule has 0 spiro atoms. The average Bonchev–Trinajstić information content (AvgIpc) is 2.57.